The van der Waals surface area contributed by atoms with Crippen molar-refractivity contribution in [2.75, 3.05) is 0 Å². The molecule has 1 aromatic heterocycles. The number of nitrogens with two attached hydrogens (primary N) is 1. The molecule has 0 aliphatic heterocycles. The van der Waals surface area contributed by atoms with E-state index in [0.29, 0.717) is 12.4 Å². The maximum absolute atomic E-state index is 9.08. The van der Waals surface area contributed by atoms with E-state index in [1.807, 2.05) is 24.3 Å². The third-order valence-corrected chi connectivity index (χ3v) is 2.03. The van der Waals surface area contributed by atoms with E-state index in [9.17, 15) is 0 Å². The smallest absolute Gasteiger partial charge is 0.208 e. The molecule has 1 heterocycles. The zero-order valence-corrected chi connectivity index (χ0v) is 7.57. The molecule has 0 saturated carbocycles. The summed E-state index contributed by atoms with van der Waals surface area (Å²) in [6.45, 7) is 0.531. The number of rotatable bonds is 2. The molecule has 0 spiro atoms. The normalized spacial score (nSPS) is 10.4. The maximum Gasteiger partial charge on any atom is 0.208 e. The number of aromatic nitrogens is 2. The van der Waals surface area contributed by atoms with Crippen molar-refractivity contribution in [3.05, 3.63) is 36.0 Å². The average Bonchev–Trinajstić information content (AvgIpc) is 2.65. The summed E-state index contributed by atoms with van der Waals surface area (Å²) in [5.41, 5.74) is 7.49. The van der Waals surface area contributed by atoms with Crippen molar-refractivity contribution < 1.29 is 5.11 Å². The molecule has 4 heteroatoms. The third kappa shape index (κ3) is 1.60. The van der Waals surface area contributed by atoms with Gasteiger partial charge in [-0.3, -0.25) is 0 Å². The lowest BCUT2D eigenvalue weighted by Gasteiger charge is -1.98. The monoisotopic (exact) mass is 189 g/mol. The number of nitrogens with zero attached hydrogens (tertiary/aromatic N) is 1. The molecule has 4 nitrogen and oxygen atoms in total. The molecule has 2 rings (SSSR count). The number of hydrogen-bond acceptors (Lipinski definition) is 3. The van der Waals surface area contributed by atoms with Crippen LogP contribution in [0.5, 0.6) is 5.88 Å². The van der Waals surface area contributed by atoms with E-state index < -0.39 is 0 Å². The fourth-order valence-corrected chi connectivity index (χ4v) is 1.26. The van der Waals surface area contributed by atoms with Crippen LogP contribution in [0, 0.1) is 0 Å². The van der Waals surface area contributed by atoms with Crippen molar-refractivity contribution in [3.63, 3.8) is 0 Å². The van der Waals surface area contributed by atoms with Gasteiger partial charge in [-0.25, -0.2) is 4.98 Å². The average molecular weight is 189 g/mol. The largest absolute Gasteiger partial charge is 0.493 e. The van der Waals surface area contributed by atoms with Crippen molar-refractivity contribution in [1.82, 2.24) is 9.97 Å². The number of aromatic amines is 1. The van der Waals surface area contributed by atoms with E-state index in [2.05, 4.69) is 9.97 Å². The van der Waals surface area contributed by atoms with Crippen molar-refractivity contribution in [1.29, 1.82) is 0 Å². The Morgan fingerprint density at radius 2 is 2.00 bits per heavy atom. The van der Waals surface area contributed by atoms with Crippen molar-refractivity contribution in [3.8, 4) is 17.3 Å². The molecule has 0 radical (unpaired) electrons. The Hall–Kier alpha value is -1.81. The molecule has 0 atom stereocenters. The lowest BCUT2D eigenvalue weighted by Crippen LogP contribution is -1.95. The predicted octanol–water partition coefficient (Wildman–Crippen LogP) is 1.24. The summed E-state index contributed by atoms with van der Waals surface area (Å²) in [5.74, 6) is 0.731. The summed E-state index contributed by atoms with van der Waals surface area (Å²) in [6.07, 6.45) is 1.38. The Labute approximate surface area is 81.4 Å². The van der Waals surface area contributed by atoms with Crippen LogP contribution in [-0.2, 0) is 6.54 Å². The van der Waals surface area contributed by atoms with E-state index in [1.165, 1.54) is 6.20 Å². The van der Waals surface area contributed by atoms with E-state index in [4.69, 9.17) is 10.8 Å². The van der Waals surface area contributed by atoms with Gasteiger partial charge in [0.1, 0.15) is 5.82 Å². The molecule has 72 valence electrons. The second-order valence-electron chi connectivity index (χ2n) is 3.02. The van der Waals surface area contributed by atoms with Gasteiger partial charge < -0.3 is 15.8 Å². The number of H-pyrrole nitrogens is 1. The molecular formula is C10H11N3O. The maximum atomic E-state index is 9.08. The highest BCUT2D eigenvalue weighted by Gasteiger charge is 2.01. The molecular weight excluding hydrogens is 178 g/mol. The molecule has 0 aliphatic carbocycles. The van der Waals surface area contributed by atoms with Crippen molar-refractivity contribution in [2.24, 2.45) is 5.73 Å². The predicted molar refractivity (Wildman–Crippen MR) is 53.6 cm³/mol. The van der Waals surface area contributed by atoms with Crippen LogP contribution >= 0.6 is 0 Å². The van der Waals surface area contributed by atoms with Gasteiger partial charge in [-0.15, -0.1) is 0 Å². The van der Waals surface area contributed by atoms with Gasteiger partial charge in [-0.1, -0.05) is 24.3 Å². The zero-order chi connectivity index (χ0) is 9.97. The zero-order valence-electron chi connectivity index (χ0n) is 7.57. The number of aromatic hydroxyl groups is 1. The van der Waals surface area contributed by atoms with Crippen LogP contribution in [0.15, 0.2) is 30.5 Å². The molecule has 0 bridgehead atoms. The first-order valence-electron chi connectivity index (χ1n) is 4.33. The fraction of sp³-hybridized carbons (Fsp3) is 0.100. The Balaban J connectivity index is 2.33. The van der Waals surface area contributed by atoms with Crippen LogP contribution < -0.4 is 5.73 Å². The van der Waals surface area contributed by atoms with Crippen molar-refractivity contribution >= 4 is 0 Å². The molecule has 0 amide bonds. The molecule has 1 aromatic carbocycles. The lowest BCUT2D eigenvalue weighted by atomic mass is 10.1. The summed E-state index contributed by atoms with van der Waals surface area (Å²) >= 11 is 0. The van der Waals surface area contributed by atoms with Crippen molar-refractivity contribution in [2.45, 2.75) is 6.54 Å². The quantitative estimate of drug-likeness (QED) is 0.665. The van der Waals surface area contributed by atoms with Gasteiger partial charge in [0.05, 0.1) is 6.20 Å². The minimum absolute atomic E-state index is 0.0721. The van der Waals surface area contributed by atoms with E-state index >= 15 is 0 Å². The minimum Gasteiger partial charge on any atom is -0.493 e. The molecule has 0 fully saturated rings. The number of benzene rings is 1. The van der Waals surface area contributed by atoms with E-state index in [0.717, 1.165) is 11.1 Å². The van der Waals surface area contributed by atoms with Crippen LogP contribution in [0.25, 0.3) is 11.4 Å². The van der Waals surface area contributed by atoms with Gasteiger partial charge >= 0.3 is 0 Å². The van der Waals surface area contributed by atoms with Crippen LogP contribution in [0.2, 0.25) is 0 Å². The van der Waals surface area contributed by atoms with Gasteiger partial charge in [-0.2, -0.15) is 0 Å². The first-order valence-corrected chi connectivity index (χ1v) is 4.33. The van der Waals surface area contributed by atoms with Gasteiger partial charge in [0.2, 0.25) is 5.88 Å². The fourth-order valence-electron chi connectivity index (χ4n) is 1.26. The Morgan fingerprint density at radius 3 is 2.50 bits per heavy atom. The molecule has 4 N–H and O–H groups in total. The van der Waals surface area contributed by atoms with Crippen LogP contribution in [0.1, 0.15) is 5.56 Å². The summed E-state index contributed by atoms with van der Waals surface area (Å²) < 4.78 is 0. The van der Waals surface area contributed by atoms with Gasteiger partial charge in [0, 0.05) is 12.1 Å². The topological polar surface area (TPSA) is 74.9 Å². The van der Waals surface area contributed by atoms with Gasteiger partial charge in [0.15, 0.2) is 0 Å². The molecule has 0 saturated heterocycles. The van der Waals surface area contributed by atoms with E-state index in [1.54, 1.807) is 0 Å². The van der Waals surface area contributed by atoms with E-state index in [-0.39, 0.29) is 5.88 Å². The van der Waals surface area contributed by atoms with Crippen LogP contribution in [0.3, 0.4) is 0 Å². The highest BCUT2D eigenvalue weighted by molar-refractivity contribution is 5.56. The summed E-state index contributed by atoms with van der Waals surface area (Å²) in [7, 11) is 0. The Morgan fingerprint density at radius 1 is 1.29 bits per heavy atom. The highest BCUT2D eigenvalue weighted by Crippen LogP contribution is 2.18. The second kappa shape index (κ2) is 3.51. The highest BCUT2D eigenvalue weighted by atomic mass is 16.3. The number of hydrogen-bond donors (Lipinski definition) is 3. The first-order chi connectivity index (χ1) is 6.79. The Bertz CT molecular complexity index is 419. The van der Waals surface area contributed by atoms with Gasteiger partial charge in [0.25, 0.3) is 0 Å². The third-order valence-electron chi connectivity index (χ3n) is 2.03. The molecule has 2 aromatic rings. The first kappa shape index (κ1) is 8.77. The number of imidazole rings is 1. The van der Waals surface area contributed by atoms with Crippen LogP contribution in [0.4, 0.5) is 0 Å². The number of nitrogens with one attached hydrogen (secondary N) is 1. The minimum atomic E-state index is 0.0721. The summed E-state index contributed by atoms with van der Waals surface area (Å²) in [5, 5.41) is 9.08. The SMILES string of the molecule is NCc1ccc(-c2ncc(O)[nH]2)cc1. The molecule has 0 aliphatic rings. The second-order valence-corrected chi connectivity index (χ2v) is 3.02. The molecule has 0 unspecified atom stereocenters. The summed E-state index contributed by atoms with van der Waals surface area (Å²) in [4.78, 5) is 6.75. The molecule has 14 heavy (non-hydrogen) atoms. The summed E-state index contributed by atoms with van der Waals surface area (Å²) in [6, 6.07) is 7.71. The Kier molecular flexibility index (Phi) is 2.20. The lowest BCUT2D eigenvalue weighted by molar-refractivity contribution is 0.457. The standard InChI is InChI=1S/C10H11N3O/c11-5-7-1-3-8(4-2-7)10-12-6-9(14)13-10/h1-4,6,14H,5,11H2,(H,12,13). The van der Waals surface area contributed by atoms with Crippen LogP contribution in [-0.4, -0.2) is 15.1 Å². The van der Waals surface area contributed by atoms with Gasteiger partial charge in [-0.05, 0) is 5.56 Å².